The molecule has 5 heteroatoms. The van der Waals surface area contributed by atoms with Crippen LogP contribution in [-0.2, 0) is 4.74 Å². The zero-order valence-electron chi connectivity index (χ0n) is 7.83. The van der Waals surface area contributed by atoms with Gasteiger partial charge in [-0.05, 0) is 18.2 Å². The lowest BCUT2D eigenvalue weighted by molar-refractivity contribution is 0.146. The maximum Gasteiger partial charge on any atom is 0.142 e. The van der Waals surface area contributed by atoms with Crippen LogP contribution in [0.3, 0.4) is 0 Å². The molecule has 0 radical (unpaired) electrons. The Labute approximate surface area is 98.1 Å². The van der Waals surface area contributed by atoms with E-state index in [1.807, 2.05) is 18.2 Å². The van der Waals surface area contributed by atoms with Crippen LogP contribution in [0.15, 0.2) is 22.7 Å². The van der Waals surface area contributed by atoms with Crippen LogP contribution in [0, 0.1) is 0 Å². The number of anilines is 1. The van der Waals surface area contributed by atoms with Gasteiger partial charge in [0.25, 0.3) is 0 Å². The van der Waals surface area contributed by atoms with Crippen molar-refractivity contribution in [2.75, 3.05) is 26.1 Å². The maximum atomic E-state index is 5.71. The predicted octanol–water partition coefficient (Wildman–Crippen LogP) is 2.48. The molecule has 1 rings (SSSR count). The van der Waals surface area contributed by atoms with Gasteiger partial charge in [-0.3, -0.25) is 0 Å². The van der Waals surface area contributed by atoms with Gasteiger partial charge in [0.05, 0.1) is 12.3 Å². The fourth-order valence-electron chi connectivity index (χ4n) is 0.886. The minimum atomic E-state index is 0. The molecule has 0 spiro atoms. The standard InChI is InChI=1S/C9H12BrNO2.ClH/c1-12-4-5-13-9-3-2-7(10)6-8(9)11;/h2-3,6H,4-5,11H2,1H3;1H. The Morgan fingerprint density at radius 2 is 2.07 bits per heavy atom. The Morgan fingerprint density at radius 1 is 1.36 bits per heavy atom. The second-order valence-electron chi connectivity index (χ2n) is 2.52. The summed E-state index contributed by atoms with van der Waals surface area (Å²) in [6.45, 7) is 1.08. The molecule has 2 N–H and O–H groups in total. The van der Waals surface area contributed by atoms with Gasteiger partial charge in [-0.1, -0.05) is 15.9 Å². The molecule has 0 fully saturated rings. The topological polar surface area (TPSA) is 44.5 Å². The second-order valence-corrected chi connectivity index (χ2v) is 3.44. The Kier molecular flexibility index (Phi) is 6.70. The van der Waals surface area contributed by atoms with Gasteiger partial charge in [0.1, 0.15) is 12.4 Å². The van der Waals surface area contributed by atoms with E-state index < -0.39 is 0 Å². The van der Waals surface area contributed by atoms with Crippen molar-refractivity contribution in [3.63, 3.8) is 0 Å². The molecule has 0 atom stereocenters. The number of benzene rings is 1. The molecule has 0 heterocycles. The Balaban J connectivity index is 0.00000169. The summed E-state index contributed by atoms with van der Waals surface area (Å²) in [7, 11) is 1.63. The molecule has 0 bridgehead atoms. The first-order valence-electron chi connectivity index (χ1n) is 3.91. The average Bonchev–Trinajstić information content (AvgIpc) is 2.09. The van der Waals surface area contributed by atoms with Gasteiger partial charge in [0, 0.05) is 11.6 Å². The molecule has 0 saturated heterocycles. The highest BCUT2D eigenvalue weighted by molar-refractivity contribution is 9.10. The molecule has 80 valence electrons. The molecule has 14 heavy (non-hydrogen) atoms. The van der Waals surface area contributed by atoms with Crippen LogP contribution in [0.2, 0.25) is 0 Å². The van der Waals surface area contributed by atoms with Crippen LogP contribution >= 0.6 is 28.3 Å². The van der Waals surface area contributed by atoms with Crippen LogP contribution < -0.4 is 10.5 Å². The van der Waals surface area contributed by atoms with Crippen molar-refractivity contribution in [3.05, 3.63) is 22.7 Å². The summed E-state index contributed by atoms with van der Waals surface area (Å²) >= 11 is 3.32. The first-order chi connectivity index (χ1) is 6.24. The first-order valence-corrected chi connectivity index (χ1v) is 4.70. The van der Waals surface area contributed by atoms with E-state index in [1.54, 1.807) is 7.11 Å². The molecule has 0 aromatic heterocycles. The molecule has 0 amide bonds. The lowest BCUT2D eigenvalue weighted by Crippen LogP contribution is -2.05. The van der Waals surface area contributed by atoms with Crippen molar-refractivity contribution < 1.29 is 9.47 Å². The highest BCUT2D eigenvalue weighted by atomic mass is 79.9. The molecule has 3 nitrogen and oxygen atoms in total. The molecule has 0 aliphatic carbocycles. The smallest absolute Gasteiger partial charge is 0.142 e. The van der Waals surface area contributed by atoms with Crippen LogP contribution in [0.5, 0.6) is 5.75 Å². The molecule has 0 aliphatic heterocycles. The SMILES string of the molecule is COCCOc1ccc(Br)cc1N.Cl. The molecule has 1 aromatic rings. The lowest BCUT2D eigenvalue weighted by atomic mass is 10.3. The maximum absolute atomic E-state index is 5.71. The minimum absolute atomic E-state index is 0. The molecular formula is C9H13BrClNO2. The van der Waals surface area contributed by atoms with Crippen molar-refractivity contribution in [3.8, 4) is 5.75 Å². The molecular weight excluding hydrogens is 269 g/mol. The number of methoxy groups -OCH3 is 1. The highest BCUT2D eigenvalue weighted by Crippen LogP contribution is 2.24. The Bertz CT molecular complexity index is 284. The number of hydrogen-bond acceptors (Lipinski definition) is 3. The summed E-state index contributed by atoms with van der Waals surface area (Å²) in [6.07, 6.45) is 0. The van der Waals surface area contributed by atoms with Gasteiger partial charge in [-0.25, -0.2) is 0 Å². The fraction of sp³-hybridized carbons (Fsp3) is 0.333. The van der Waals surface area contributed by atoms with Crippen LogP contribution in [0.25, 0.3) is 0 Å². The third-order valence-corrected chi connectivity index (χ3v) is 2.01. The number of rotatable bonds is 4. The average molecular weight is 283 g/mol. The van der Waals surface area contributed by atoms with Crippen LogP contribution in [-0.4, -0.2) is 20.3 Å². The van der Waals surface area contributed by atoms with E-state index in [4.69, 9.17) is 15.2 Å². The van der Waals surface area contributed by atoms with Crippen molar-refractivity contribution in [1.82, 2.24) is 0 Å². The summed E-state index contributed by atoms with van der Waals surface area (Å²) in [5.74, 6) is 0.695. The number of nitrogen functional groups attached to an aromatic ring is 1. The molecule has 0 aliphatic rings. The third kappa shape index (κ3) is 4.17. The summed E-state index contributed by atoms with van der Waals surface area (Å²) < 4.78 is 11.2. The fourth-order valence-corrected chi connectivity index (χ4v) is 1.26. The zero-order chi connectivity index (χ0) is 9.68. The van der Waals surface area contributed by atoms with E-state index >= 15 is 0 Å². The van der Waals surface area contributed by atoms with Crippen molar-refractivity contribution in [2.24, 2.45) is 0 Å². The monoisotopic (exact) mass is 281 g/mol. The van der Waals surface area contributed by atoms with E-state index in [9.17, 15) is 0 Å². The largest absolute Gasteiger partial charge is 0.489 e. The van der Waals surface area contributed by atoms with Gasteiger partial charge >= 0.3 is 0 Å². The summed E-state index contributed by atoms with van der Waals surface area (Å²) in [4.78, 5) is 0. The molecule has 1 aromatic carbocycles. The summed E-state index contributed by atoms with van der Waals surface area (Å²) in [5, 5.41) is 0. The number of ether oxygens (including phenoxy) is 2. The Hall–Kier alpha value is -0.450. The summed E-state index contributed by atoms with van der Waals surface area (Å²) in [6, 6.07) is 5.52. The number of hydrogen-bond donors (Lipinski definition) is 1. The zero-order valence-corrected chi connectivity index (χ0v) is 10.2. The Morgan fingerprint density at radius 3 is 2.64 bits per heavy atom. The van der Waals surface area contributed by atoms with Gasteiger partial charge < -0.3 is 15.2 Å². The van der Waals surface area contributed by atoms with Gasteiger partial charge in [0.15, 0.2) is 0 Å². The van der Waals surface area contributed by atoms with E-state index in [0.29, 0.717) is 24.7 Å². The van der Waals surface area contributed by atoms with Crippen LogP contribution in [0.1, 0.15) is 0 Å². The van der Waals surface area contributed by atoms with E-state index in [1.165, 1.54) is 0 Å². The third-order valence-electron chi connectivity index (χ3n) is 1.52. The van der Waals surface area contributed by atoms with Gasteiger partial charge in [-0.15, -0.1) is 12.4 Å². The number of halogens is 2. The predicted molar refractivity (Wildman–Crippen MR) is 63.2 cm³/mol. The normalized spacial score (nSPS) is 9.29. The van der Waals surface area contributed by atoms with Crippen molar-refractivity contribution >= 4 is 34.0 Å². The van der Waals surface area contributed by atoms with Gasteiger partial charge in [-0.2, -0.15) is 0 Å². The summed E-state index contributed by atoms with van der Waals surface area (Å²) in [5.41, 5.74) is 6.34. The van der Waals surface area contributed by atoms with Crippen molar-refractivity contribution in [1.29, 1.82) is 0 Å². The number of nitrogens with two attached hydrogens (primary N) is 1. The quantitative estimate of drug-likeness (QED) is 0.681. The van der Waals surface area contributed by atoms with E-state index in [-0.39, 0.29) is 12.4 Å². The van der Waals surface area contributed by atoms with E-state index in [2.05, 4.69) is 15.9 Å². The van der Waals surface area contributed by atoms with E-state index in [0.717, 1.165) is 4.47 Å². The molecule has 0 saturated carbocycles. The highest BCUT2D eigenvalue weighted by Gasteiger charge is 1.99. The molecule has 0 unspecified atom stereocenters. The first kappa shape index (κ1) is 13.5. The van der Waals surface area contributed by atoms with Gasteiger partial charge in [0.2, 0.25) is 0 Å². The lowest BCUT2D eigenvalue weighted by Gasteiger charge is -2.07. The van der Waals surface area contributed by atoms with Crippen LogP contribution in [0.4, 0.5) is 5.69 Å². The minimum Gasteiger partial charge on any atom is -0.489 e. The van der Waals surface area contributed by atoms with Crippen molar-refractivity contribution in [2.45, 2.75) is 0 Å². The second kappa shape index (κ2) is 6.92.